The first kappa shape index (κ1) is 37.0. The van der Waals surface area contributed by atoms with Crippen LogP contribution in [0.15, 0.2) is 59.6 Å². The van der Waals surface area contributed by atoms with Gasteiger partial charge in [0.05, 0.1) is 63.0 Å². The number of fused-ring (bicyclic) bond motifs is 1. The third kappa shape index (κ3) is 6.32. The first-order chi connectivity index (χ1) is 26.6. The predicted molar refractivity (Wildman–Crippen MR) is 200 cm³/mol. The standard InChI is InChI=1S/C39H45N7O8S/c1-4-54-36-31(6-5-15-41-36)39(42-38(48)44-21-28(22-44)43-16-13-27(14-17-43)45(26-8-9-26)29-23-53-24-29)32-18-25(20-40)7-11-33(32)46(37(39)47)55(49,50)35-12-10-30(51-2)19-34(35)52-3/h5-7,10-12,15,18-19,26-29H,4,8-9,13-14,16-17,21-24H2,1-3H3,(H,42,48)/t39-/m1/s1. The quantitative estimate of drug-likeness (QED) is 0.287. The minimum absolute atomic E-state index is 0.0336. The van der Waals surface area contributed by atoms with Crippen molar-refractivity contribution in [1.29, 1.82) is 5.26 Å². The van der Waals surface area contributed by atoms with Gasteiger partial charge in [-0.05, 0) is 75.1 Å². The van der Waals surface area contributed by atoms with Crippen molar-refractivity contribution in [1.82, 2.24) is 25.0 Å². The van der Waals surface area contributed by atoms with E-state index in [0.717, 1.165) is 39.1 Å². The first-order valence-corrected chi connectivity index (χ1v) is 20.2. The lowest BCUT2D eigenvalue weighted by Crippen LogP contribution is -2.67. The molecular weight excluding hydrogens is 727 g/mol. The molecule has 5 heterocycles. The Morgan fingerprint density at radius 1 is 1.02 bits per heavy atom. The third-order valence-corrected chi connectivity index (χ3v) is 13.2. The Balaban J connectivity index is 1.11. The topological polar surface area (TPSA) is 167 Å². The zero-order valence-electron chi connectivity index (χ0n) is 31.1. The molecule has 0 radical (unpaired) electrons. The van der Waals surface area contributed by atoms with Crippen LogP contribution < -0.4 is 23.8 Å². The molecule has 55 heavy (non-hydrogen) atoms. The number of amides is 3. The fourth-order valence-electron chi connectivity index (χ4n) is 8.46. The van der Waals surface area contributed by atoms with Gasteiger partial charge in [0.2, 0.25) is 5.88 Å². The largest absolute Gasteiger partial charge is 0.497 e. The van der Waals surface area contributed by atoms with E-state index in [-0.39, 0.29) is 51.6 Å². The van der Waals surface area contributed by atoms with E-state index in [4.69, 9.17) is 18.9 Å². The molecule has 1 saturated carbocycles. The number of nitriles is 1. The number of rotatable bonds is 12. The number of urea groups is 1. The molecule has 1 atom stereocenters. The smallest absolute Gasteiger partial charge is 0.318 e. The fraction of sp³-hybridized carbons (Fsp3) is 0.487. The zero-order chi connectivity index (χ0) is 38.5. The van der Waals surface area contributed by atoms with Crippen LogP contribution in [0.25, 0.3) is 0 Å². The van der Waals surface area contributed by atoms with Crippen LogP contribution in [0.1, 0.15) is 49.3 Å². The van der Waals surface area contributed by atoms with Gasteiger partial charge in [-0.1, -0.05) is 0 Å². The predicted octanol–water partition coefficient (Wildman–Crippen LogP) is 3.07. The van der Waals surface area contributed by atoms with E-state index in [0.29, 0.717) is 41.3 Å². The summed E-state index contributed by atoms with van der Waals surface area (Å²) in [5.74, 6) is -0.657. The molecule has 0 bridgehead atoms. The van der Waals surface area contributed by atoms with Gasteiger partial charge in [0, 0.05) is 62.1 Å². The van der Waals surface area contributed by atoms with Crippen molar-refractivity contribution in [2.75, 3.05) is 64.5 Å². The number of hydrogen-bond acceptors (Lipinski definition) is 12. The summed E-state index contributed by atoms with van der Waals surface area (Å²) < 4.78 is 52.2. The number of piperidine rings is 1. The van der Waals surface area contributed by atoms with E-state index in [1.807, 2.05) is 0 Å². The Labute approximate surface area is 320 Å². The van der Waals surface area contributed by atoms with Crippen molar-refractivity contribution in [2.24, 2.45) is 0 Å². The van der Waals surface area contributed by atoms with Crippen molar-refractivity contribution in [3.05, 3.63) is 71.4 Å². The second kappa shape index (κ2) is 14.6. The highest BCUT2D eigenvalue weighted by Gasteiger charge is 2.60. The van der Waals surface area contributed by atoms with Gasteiger partial charge in [-0.3, -0.25) is 14.6 Å². The summed E-state index contributed by atoms with van der Waals surface area (Å²) in [6.07, 6.45) is 6.14. The number of sulfonamides is 1. The van der Waals surface area contributed by atoms with Crippen molar-refractivity contribution in [3.8, 4) is 23.4 Å². The van der Waals surface area contributed by atoms with Gasteiger partial charge in [-0.25, -0.2) is 18.2 Å². The number of anilines is 1. The van der Waals surface area contributed by atoms with Crippen LogP contribution in [0, 0.1) is 11.3 Å². The molecule has 1 aliphatic carbocycles. The summed E-state index contributed by atoms with van der Waals surface area (Å²) in [5.41, 5.74) is -1.81. The number of ether oxygens (including phenoxy) is 4. The minimum Gasteiger partial charge on any atom is -0.497 e. The summed E-state index contributed by atoms with van der Waals surface area (Å²) in [5, 5.41) is 13.0. The zero-order valence-corrected chi connectivity index (χ0v) is 32.0. The maximum absolute atomic E-state index is 15.2. The molecule has 5 aliphatic rings. The first-order valence-electron chi connectivity index (χ1n) is 18.8. The Kier molecular flexibility index (Phi) is 9.83. The Bertz CT molecular complexity index is 2120. The maximum atomic E-state index is 15.2. The molecule has 15 nitrogen and oxygen atoms in total. The lowest BCUT2D eigenvalue weighted by molar-refractivity contribution is -0.121. The van der Waals surface area contributed by atoms with E-state index >= 15 is 4.79 Å². The lowest BCUT2D eigenvalue weighted by Gasteiger charge is -2.50. The van der Waals surface area contributed by atoms with Crippen molar-refractivity contribution in [3.63, 3.8) is 0 Å². The second-order valence-corrected chi connectivity index (χ2v) is 16.4. The molecule has 1 N–H and O–H groups in total. The van der Waals surface area contributed by atoms with Gasteiger partial charge in [0.15, 0.2) is 5.54 Å². The van der Waals surface area contributed by atoms with Gasteiger partial charge in [0.1, 0.15) is 16.4 Å². The molecular formula is C39H45N7O8S. The molecule has 0 unspecified atom stereocenters. The van der Waals surface area contributed by atoms with Crippen LogP contribution in [0.3, 0.4) is 0 Å². The second-order valence-electron chi connectivity index (χ2n) is 14.6. The van der Waals surface area contributed by atoms with Gasteiger partial charge in [0.25, 0.3) is 15.9 Å². The number of benzene rings is 2. The molecule has 0 spiro atoms. The van der Waals surface area contributed by atoms with E-state index in [2.05, 4.69) is 26.2 Å². The Morgan fingerprint density at radius 3 is 2.40 bits per heavy atom. The lowest BCUT2D eigenvalue weighted by atomic mass is 9.83. The van der Waals surface area contributed by atoms with Crippen LogP contribution in [-0.4, -0.2) is 124 Å². The van der Waals surface area contributed by atoms with Crippen LogP contribution in [0.4, 0.5) is 10.5 Å². The highest BCUT2D eigenvalue weighted by molar-refractivity contribution is 7.93. The van der Waals surface area contributed by atoms with Crippen LogP contribution in [-0.2, 0) is 25.1 Å². The summed E-state index contributed by atoms with van der Waals surface area (Å²) in [7, 11) is -1.95. The van der Waals surface area contributed by atoms with Gasteiger partial charge in [-0.15, -0.1) is 0 Å². The number of nitrogens with zero attached hydrogens (tertiary/aromatic N) is 6. The number of carbonyl (C=O) groups excluding carboxylic acids is 2. The Morgan fingerprint density at radius 2 is 1.76 bits per heavy atom. The number of hydrogen-bond donors (Lipinski definition) is 1. The Hall–Kier alpha value is -4.95. The van der Waals surface area contributed by atoms with E-state index in [1.165, 1.54) is 69.7 Å². The minimum atomic E-state index is -4.70. The molecule has 3 aromatic rings. The van der Waals surface area contributed by atoms with Crippen molar-refractivity contribution >= 4 is 27.6 Å². The average Bonchev–Trinajstić information content (AvgIpc) is 3.97. The van der Waals surface area contributed by atoms with Crippen molar-refractivity contribution in [2.45, 2.75) is 67.2 Å². The number of pyridine rings is 1. The van der Waals surface area contributed by atoms with E-state index < -0.39 is 27.5 Å². The SMILES string of the molecule is CCOc1ncccc1[C@]1(NC(=O)N2CC(N3CCC(N(C4CC4)C4COC4)CC3)C2)C(=O)N(S(=O)(=O)c2ccc(OC)cc2OC)c2ccc(C#N)cc21. The number of carbonyl (C=O) groups is 2. The maximum Gasteiger partial charge on any atom is 0.318 e. The average molecular weight is 772 g/mol. The number of methoxy groups -OCH3 is 2. The monoisotopic (exact) mass is 771 g/mol. The molecule has 290 valence electrons. The van der Waals surface area contributed by atoms with Gasteiger partial charge in [-0.2, -0.15) is 9.57 Å². The summed E-state index contributed by atoms with van der Waals surface area (Å²) >= 11 is 0. The number of aromatic nitrogens is 1. The summed E-state index contributed by atoms with van der Waals surface area (Å²) in [4.78, 5) is 40.5. The molecule has 4 aliphatic heterocycles. The van der Waals surface area contributed by atoms with Gasteiger partial charge < -0.3 is 29.2 Å². The summed E-state index contributed by atoms with van der Waals surface area (Å²) in [6, 6.07) is 15.0. The normalized spacial score (nSPS) is 22.1. The summed E-state index contributed by atoms with van der Waals surface area (Å²) in [6.45, 7) is 6.31. The molecule has 3 saturated heterocycles. The van der Waals surface area contributed by atoms with Crippen LogP contribution in [0.2, 0.25) is 0 Å². The molecule has 2 aromatic carbocycles. The molecule has 3 amide bonds. The van der Waals surface area contributed by atoms with Crippen LogP contribution >= 0.6 is 0 Å². The molecule has 8 rings (SSSR count). The van der Waals surface area contributed by atoms with Crippen LogP contribution in [0.5, 0.6) is 17.4 Å². The van der Waals surface area contributed by atoms with Crippen molar-refractivity contribution < 1.29 is 37.0 Å². The highest BCUT2D eigenvalue weighted by atomic mass is 32.2. The number of likely N-dealkylation sites (tertiary alicyclic amines) is 2. The molecule has 1 aromatic heterocycles. The third-order valence-electron chi connectivity index (χ3n) is 11.5. The van der Waals surface area contributed by atoms with E-state index in [1.54, 1.807) is 24.0 Å². The number of nitrogens with one attached hydrogen (secondary N) is 1. The van der Waals surface area contributed by atoms with Gasteiger partial charge >= 0.3 is 6.03 Å². The highest BCUT2D eigenvalue weighted by Crippen LogP contribution is 2.50. The van der Waals surface area contributed by atoms with E-state index in [9.17, 15) is 18.5 Å². The molecule has 16 heteroatoms. The fourth-order valence-corrected chi connectivity index (χ4v) is 10.1. The molecule has 4 fully saturated rings.